The van der Waals surface area contributed by atoms with Gasteiger partial charge in [0.2, 0.25) is 6.29 Å². The standard InChI is InChI=1S/C4H2N2O3S/c7-1-3(8)9-4-5-2-10-6-4/h1-2H. The van der Waals surface area contributed by atoms with Crippen molar-refractivity contribution in [2.75, 3.05) is 0 Å². The molecule has 10 heavy (non-hydrogen) atoms. The van der Waals surface area contributed by atoms with E-state index in [1.807, 2.05) is 0 Å². The van der Waals surface area contributed by atoms with E-state index in [9.17, 15) is 9.59 Å². The fraction of sp³-hybridized carbons (Fsp3) is 0. The number of carbonyl (C=O) groups excluding carboxylic acids is 2. The van der Waals surface area contributed by atoms with Crippen LogP contribution < -0.4 is 4.74 Å². The second-order valence-corrected chi connectivity index (χ2v) is 1.86. The fourth-order valence-electron chi connectivity index (χ4n) is 0.320. The van der Waals surface area contributed by atoms with Crippen LogP contribution in [-0.4, -0.2) is 21.6 Å². The van der Waals surface area contributed by atoms with Crippen molar-refractivity contribution in [3.63, 3.8) is 0 Å². The lowest BCUT2D eigenvalue weighted by atomic mass is 10.8. The van der Waals surface area contributed by atoms with Gasteiger partial charge in [-0.15, -0.1) is 4.37 Å². The third-order valence-electron chi connectivity index (χ3n) is 0.629. The first-order valence-corrected chi connectivity index (χ1v) is 3.10. The molecule has 0 saturated heterocycles. The van der Waals surface area contributed by atoms with Crippen molar-refractivity contribution < 1.29 is 14.3 Å². The molecule has 0 aliphatic rings. The maximum atomic E-state index is 10.2. The first-order chi connectivity index (χ1) is 4.83. The average molecular weight is 158 g/mol. The van der Waals surface area contributed by atoms with Crippen molar-refractivity contribution >= 4 is 23.8 Å². The second-order valence-electron chi connectivity index (χ2n) is 1.25. The zero-order valence-electron chi connectivity index (χ0n) is 4.68. The van der Waals surface area contributed by atoms with Crippen molar-refractivity contribution in [1.29, 1.82) is 0 Å². The molecule has 1 aromatic heterocycles. The molecule has 6 heteroatoms. The van der Waals surface area contributed by atoms with Gasteiger partial charge >= 0.3 is 12.0 Å². The van der Waals surface area contributed by atoms with Crippen LogP contribution in [0.15, 0.2) is 5.51 Å². The van der Waals surface area contributed by atoms with Gasteiger partial charge in [-0.05, 0) is 11.5 Å². The van der Waals surface area contributed by atoms with Gasteiger partial charge in [0.05, 0.1) is 0 Å². The molecular weight excluding hydrogens is 156 g/mol. The molecule has 0 fully saturated rings. The zero-order chi connectivity index (χ0) is 7.40. The Morgan fingerprint density at radius 1 is 1.80 bits per heavy atom. The molecule has 1 rings (SSSR count). The third kappa shape index (κ3) is 1.59. The first-order valence-electron chi connectivity index (χ1n) is 2.26. The zero-order valence-corrected chi connectivity index (χ0v) is 5.50. The van der Waals surface area contributed by atoms with Crippen molar-refractivity contribution in [2.45, 2.75) is 0 Å². The molecule has 1 aromatic rings. The Kier molecular flexibility index (Phi) is 2.06. The molecule has 0 radical (unpaired) electrons. The average Bonchev–Trinajstić information content (AvgIpc) is 2.40. The summed E-state index contributed by atoms with van der Waals surface area (Å²) in [6.45, 7) is 0. The minimum absolute atomic E-state index is 0.0566. The van der Waals surface area contributed by atoms with E-state index in [0.29, 0.717) is 0 Å². The number of aromatic nitrogens is 2. The summed E-state index contributed by atoms with van der Waals surface area (Å²) < 4.78 is 7.82. The number of aldehydes is 1. The van der Waals surface area contributed by atoms with Crippen LogP contribution >= 0.6 is 11.5 Å². The van der Waals surface area contributed by atoms with E-state index in [0.717, 1.165) is 11.5 Å². The van der Waals surface area contributed by atoms with Gasteiger partial charge in [0.1, 0.15) is 5.51 Å². The van der Waals surface area contributed by atoms with Crippen molar-refractivity contribution in [3.05, 3.63) is 5.51 Å². The quantitative estimate of drug-likeness (QED) is 0.334. The first kappa shape index (κ1) is 6.81. The molecule has 52 valence electrons. The number of esters is 1. The summed E-state index contributed by atoms with van der Waals surface area (Å²) in [4.78, 5) is 23.4. The molecule has 0 aliphatic heterocycles. The van der Waals surface area contributed by atoms with E-state index in [1.165, 1.54) is 5.51 Å². The summed E-state index contributed by atoms with van der Waals surface area (Å²) in [5, 5.41) is 0. The van der Waals surface area contributed by atoms with Crippen LogP contribution in [0.5, 0.6) is 6.01 Å². The summed E-state index contributed by atoms with van der Waals surface area (Å²) in [7, 11) is 0. The van der Waals surface area contributed by atoms with Gasteiger partial charge in [0.15, 0.2) is 0 Å². The Bertz CT molecular complexity index is 233. The molecule has 0 atom stereocenters. The minimum Gasteiger partial charge on any atom is -0.384 e. The number of rotatable bonds is 2. The predicted molar refractivity (Wildman–Crippen MR) is 31.6 cm³/mol. The largest absolute Gasteiger partial charge is 0.384 e. The summed E-state index contributed by atoms with van der Waals surface area (Å²) in [5.41, 5.74) is 1.40. The van der Waals surface area contributed by atoms with Crippen LogP contribution in [0.2, 0.25) is 0 Å². The van der Waals surface area contributed by atoms with Crippen LogP contribution in [0.1, 0.15) is 0 Å². The normalized spacial score (nSPS) is 8.80. The summed E-state index contributed by atoms with van der Waals surface area (Å²) in [5.74, 6) is -0.988. The number of carbonyl (C=O) groups is 2. The van der Waals surface area contributed by atoms with Gasteiger partial charge in [-0.1, -0.05) is 0 Å². The van der Waals surface area contributed by atoms with Gasteiger partial charge in [-0.25, -0.2) is 4.79 Å². The van der Waals surface area contributed by atoms with Gasteiger partial charge in [-0.3, -0.25) is 4.79 Å². The van der Waals surface area contributed by atoms with Crippen molar-refractivity contribution in [2.24, 2.45) is 0 Å². The summed E-state index contributed by atoms with van der Waals surface area (Å²) in [6.07, 6.45) is 0.0566. The number of hydrogen-bond donors (Lipinski definition) is 0. The van der Waals surface area contributed by atoms with Crippen LogP contribution in [0.25, 0.3) is 0 Å². The molecule has 0 amide bonds. The lowest BCUT2D eigenvalue weighted by Crippen LogP contribution is -2.09. The van der Waals surface area contributed by atoms with Crippen LogP contribution in [-0.2, 0) is 9.59 Å². The maximum absolute atomic E-state index is 10.2. The van der Waals surface area contributed by atoms with Crippen molar-refractivity contribution in [3.8, 4) is 6.01 Å². The van der Waals surface area contributed by atoms with Gasteiger partial charge in [0, 0.05) is 0 Å². The lowest BCUT2D eigenvalue weighted by Gasteiger charge is -1.87. The molecule has 0 unspecified atom stereocenters. The predicted octanol–water partition coefficient (Wildman–Crippen LogP) is -0.358. The highest BCUT2D eigenvalue weighted by Crippen LogP contribution is 2.01. The smallest absolute Gasteiger partial charge is 0.379 e. The Balaban J connectivity index is 2.56. The lowest BCUT2D eigenvalue weighted by molar-refractivity contribution is -0.141. The molecule has 0 bridgehead atoms. The highest BCUT2D eigenvalue weighted by atomic mass is 32.1. The Labute approximate surface area is 59.8 Å². The highest BCUT2D eigenvalue weighted by molar-refractivity contribution is 7.03. The number of nitrogens with zero attached hydrogens (tertiary/aromatic N) is 2. The van der Waals surface area contributed by atoms with E-state index in [4.69, 9.17) is 0 Å². The van der Waals surface area contributed by atoms with E-state index in [1.54, 1.807) is 0 Å². The van der Waals surface area contributed by atoms with E-state index >= 15 is 0 Å². The molecule has 1 heterocycles. The molecule has 5 nitrogen and oxygen atoms in total. The summed E-state index contributed by atoms with van der Waals surface area (Å²) >= 11 is 1.04. The Morgan fingerprint density at radius 3 is 3.10 bits per heavy atom. The monoisotopic (exact) mass is 158 g/mol. The van der Waals surface area contributed by atoms with Gasteiger partial charge < -0.3 is 4.74 Å². The number of hydrogen-bond acceptors (Lipinski definition) is 6. The Hall–Kier alpha value is -1.30. The highest BCUT2D eigenvalue weighted by Gasteiger charge is 2.03. The Morgan fingerprint density at radius 2 is 2.60 bits per heavy atom. The molecule has 0 N–H and O–H groups in total. The van der Waals surface area contributed by atoms with E-state index in [2.05, 4.69) is 14.1 Å². The third-order valence-corrected chi connectivity index (χ3v) is 1.09. The van der Waals surface area contributed by atoms with Gasteiger partial charge in [-0.2, -0.15) is 4.98 Å². The molecule has 0 spiro atoms. The summed E-state index contributed by atoms with van der Waals surface area (Å²) in [6, 6.07) is -0.0814. The number of ether oxygens (including phenoxy) is 1. The van der Waals surface area contributed by atoms with Crippen molar-refractivity contribution in [1.82, 2.24) is 9.36 Å². The topological polar surface area (TPSA) is 69.2 Å². The van der Waals surface area contributed by atoms with Crippen LogP contribution in [0, 0.1) is 0 Å². The maximum Gasteiger partial charge on any atom is 0.379 e. The molecule has 0 aliphatic carbocycles. The molecule has 0 saturated carbocycles. The second kappa shape index (κ2) is 3.02. The fourth-order valence-corrected chi connectivity index (χ4v) is 0.679. The van der Waals surface area contributed by atoms with E-state index < -0.39 is 5.97 Å². The van der Waals surface area contributed by atoms with E-state index in [-0.39, 0.29) is 12.3 Å². The SMILES string of the molecule is O=CC(=O)Oc1ncsn1. The molecular formula is C4H2N2O3S. The molecule has 0 aromatic carbocycles. The van der Waals surface area contributed by atoms with Gasteiger partial charge in [0.25, 0.3) is 0 Å². The van der Waals surface area contributed by atoms with Crippen LogP contribution in [0.4, 0.5) is 0 Å². The minimum atomic E-state index is -0.988. The van der Waals surface area contributed by atoms with Crippen LogP contribution in [0.3, 0.4) is 0 Å².